The molecule has 0 saturated heterocycles. The molecule has 1 heterocycles. The molecule has 1 aromatic rings. The summed E-state index contributed by atoms with van der Waals surface area (Å²) in [6.45, 7) is 5.30. The van der Waals surface area contributed by atoms with Crippen LogP contribution >= 0.6 is 11.6 Å². The molecule has 1 aliphatic heterocycles. The van der Waals surface area contributed by atoms with Gasteiger partial charge in [-0.3, -0.25) is 10.1 Å². The van der Waals surface area contributed by atoms with Gasteiger partial charge in [0, 0.05) is 31.3 Å². The number of hydrogen-bond donors (Lipinski definition) is 0. The minimum atomic E-state index is -3.93. The highest BCUT2D eigenvalue weighted by Gasteiger charge is 2.41. The number of methoxy groups -OCH3 is 1. The summed E-state index contributed by atoms with van der Waals surface area (Å²) in [5.41, 5.74) is 0.463. The van der Waals surface area contributed by atoms with E-state index in [1.54, 1.807) is 6.07 Å². The highest BCUT2D eigenvalue weighted by molar-refractivity contribution is 7.90. The average molecular weight is 376 g/mol. The Morgan fingerprint density at radius 2 is 2.21 bits per heavy atom. The van der Waals surface area contributed by atoms with E-state index in [1.807, 2.05) is 0 Å². The Bertz CT molecular complexity index is 781. The summed E-state index contributed by atoms with van der Waals surface area (Å²) in [5, 5.41) is 11.8. The topological polar surface area (TPSA) is 93.0 Å². The summed E-state index contributed by atoms with van der Waals surface area (Å²) in [6, 6.07) is 1.57. The third-order valence-corrected chi connectivity index (χ3v) is 6.01. The van der Waals surface area contributed by atoms with Gasteiger partial charge in [0.05, 0.1) is 23.1 Å². The quantitative estimate of drug-likeness (QED) is 0.432. The molecule has 10 heteroatoms. The van der Waals surface area contributed by atoms with Crippen molar-refractivity contribution < 1.29 is 18.1 Å². The number of ether oxygens (including phenoxy) is 1. The minimum Gasteiger partial charge on any atom is -0.383 e. The molecular weight excluding hydrogens is 358 g/mol. The molecule has 0 N–H and O–H groups in total. The second-order valence-electron chi connectivity index (χ2n) is 5.25. The van der Waals surface area contributed by atoms with Crippen LogP contribution in [0.2, 0.25) is 5.02 Å². The Kier molecular flexibility index (Phi) is 5.49. The van der Waals surface area contributed by atoms with Crippen LogP contribution in [0.3, 0.4) is 0 Å². The van der Waals surface area contributed by atoms with E-state index in [1.165, 1.54) is 24.4 Å². The van der Waals surface area contributed by atoms with Gasteiger partial charge in [0.15, 0.2) is 0 Å². The van der Waals surface area contributed by atoms with Gasteiger partial charge >= 0.3 is 10.2 Å². The van der Waals surface area contributed by atoms with Crippen molar-refractivity contribution in [1.29, 1.82) is 0 Å². The number of hydrogen-bond acceptors (Lipinski definition) is 5. The van der Waals surface area contributed by atoms with Gasteiger partial charge in [0.1, 0.15) is 5.69 Å². The van der Waals surface area contributed by atoms with E-state index in [4.69, 9.17) is 16.3 Å². The summed E-state index contributed by atoms with van der Waals surface area (Å²) >= 11 is 6.11. The van der Waals surface area contributed by atoms with Crippen molar-refractivity contribution >= 4 is 33.2 Å². The maximum atomic E-state index is 12.8. The molecule has 0 amide bonds. The van der Waals surface area contributed by atoms with E-state index >= 15 is 0 Å². The van der Waals surface area contributed by atoms with E-state index in [0.717, 1.165) is 4.31 Å². The van der Waals surface area contributed by atoms with Crippen LogP contribution in [0.5, 0.6) is 0 Å². The third-order valence-electron chi connectivity index (χ3n) is 3.77. The van der Waals surface area contributed by atoms with Crippen LogP contribution in [0.1, 0.15) is 11.1 Å². The number of fused-ring (bicyclic) bond motifs is 1. The second kappa shape index (κ2) is 7.06. The molecule has 2 rings (SSSR count). The predicted molar refractivity (Wildman–Crippen MR) is 91.6 cm³/mol. The van der Waals surface area contributed by atoms with Crippen LogP contribution < -0.4 is 4.31 Å². The van der Waals surface area contributed by atoms with E-state index in [2.05, 4.69) is 6.58 Å². The minimum absolute atomic E-state index is 0.00445. The fourth-order valence-corrected chi connectivity index (χ4v) is 4.45. The van der Waals surface area contributed by atoms with Crippen LogP contribution in [-0.4, -0.2) is 44.5 Å². The molecule has 0 aliphatic carbocycles. The van der Waals surface area contributed by atoms with Crippen molar-refractivity contribution in [1.82, 2.24) is 4.31 Å². The standard InChI is InChI=1S/C14H18ClN3O5S/c1-4-5-17-14-11(8-12(15)10(2)13(14)18(19)20)9-16(6-7-23-3)24(17,21)22/h4,8H,1,5-7,9H2,2-3H3. The van der Waals surface area contributed by atoms with Gasteiger partial charge in [0.25, 0.3) is 5.69 Å². The Hall–Kier alpha value is -1.68. The van der Waals surface area contributed by atoms with E-state index in [0.29, 0.717) is 5.56 Å². The number of nitrogens with zero attached hydrogens (tertiary/aromatic N) is 3. The van der Waals surface area contributed by atoms with E-state index < -0.39 is 15.1 Å². The first kappa shape index (κ1) is 18.7. The van der Waals surface area contributed by atoms with Gasteiger partial charge in [0.2, 0.25) is 0 Å². The SMILES string of the molecule is C=CCN1c2c(cc(Cl)c(C)c2[N+](=O)[O-])CN(CCOC)S1(=O)=O. The highest BCUT2D eigenvalue weighted by atomic mass is 35.5. The smallest absolute Gasteiger partial charge is 0.305 e. The highest BCUT2D eigenvalue weighted by Crippen LogP contribution is 2.43. The zero-order chi connectivity index (χ0) is 18.1. The van der Waals surface area contributed by atoms with Crippen molar-refractivity contribution in [3.05, 3.63) is 45.0 Å². The Labute approximate surface area is 145 Å². The summed E-state index contributed by atoms with van der Waals surface area (Å²) < 4.78 is 32.8. The lowest BCUT2D eigenvalue weighted by molar-refractivity contribution is -0.384. The van der Waals surface area contributed by atoms with Crippen molar-refractivity contribution in [2.75, 3.05) is 31.1 Å². The van der Waals surface area contributed by atoms with Gasteiger partial charge < -0.3 is 4.74 Å². The zero-order valence-corrected chi connectivity index (χ0v) is 14.9. The monoisotopic (exact) mass is 375 g/mol. The molecule has 0 fully saturated rings. The fraction of sp³-hybridized carbons (Fsp3) is 0.429. The first-order chi connectivity index (χ1) is 11.3. The number of halogens is 1. The average Bonchev–Trinajstić information content (AvgIpc) is 2.50. The molecule has 0 aromatic heterocycles. The van der Waals surface area contributed by atoms with Crippen molar-refractivity contribution in [2.24, 2.45) is 0 Å². The van der Waals surface area contributed by atoms with Crippen LogP contribution in [0, 0.1) is 17.0 Å². The Morgan fingerprint density at radius 3 is 2.75 bits per heavy atom. The lowest BCUT2D eigenvalue weighted by atomic mass is 10.1. The number of rotatable bonds is 6. The Morgan fingerprint density at radius 1 is 1.54 bits per heavy atom. The summed E-state index contributed by atoms with van der Waals surface area (Å²) in [5.74, 6) is 0. The molecule has 0 unspecified atom stereocenters. The molecular formula is C14H18ClN3O5S. The second-order valence-corrected chi connectivity index (χ2v) is 7.51. The third kappa shape index (κ3) is 3.12. The zero-order valence-electron chi connectivity index (χ0n) is 13.4. The maximum Gasteiger partial charge on any atom is 0.305 e. The lowest BCUT2D eigenvalue weighted by Crippen LogP contribution is -2.49. The number of nitro benzene ring substituents is 1. The van der Waals surface area contributed by atoms with Crippen LogP contribution in [-0.2, 0) is 21.5 Å². The van der Waals surface area contributed by atoms with Crippen LogP contribution in [0.4, 0.5) is 11.4 Å². The fourth-order valence-electron chi connectivity index (χ4n) is 2.61. The van der Waals surface area contributed by atoms with E-state index in [-0.39, 0.29) is 48.2 Å². The molecule has 0 radical (unpaired) electrons. The molecule has 0 atom stereocenters. The van der Waals surface area contributed by atoms with Crippen LogP contribution in [0.15, 0.2) is 18.7 Å². The summed E-state index contributed by atoms with van der Waals surface area (Å²) in [7, 11) is -2.46. The molecule has 132 valence electrons. The molecule has 1 aliphatic rings. The van der Waals surface area contributed by atoms with Crippen molar-refractivity contribution in [2.45, 2.75) is 13.5 Å². The molecule has 0 bridgehead atoms. The molecule has 24 heavy (non-hydrogen) atoms. The number of benzene rings is 1. The van der Waals surface area contributed by atoms with Crippen molar-refractivity contribution in [3.63, 3.8) is 0 Å². The van der Waals surface area contributed by atoms with Gasteiger partial charge in [-0.05, 0) is 13.0 Å². The summed E-state index contributed by atoms with van der Waals surface area (Å²) in [6.07, 6.45) is 1.38. The first-order valence-corrected chi connectivity index (χ1v) is 8.87. The van der Waals surface area contributed by atoms with Crippen molar-refractivity contribution in [3.8, 4) is 0 Å². The first-order valence-electron chi connectivity index (χ1n) is 7.09. The Balaban J connectivity index is 2.72. The van der Waals surface area contributed by atoms with E-state index in [9.17, 15) is 18.5 Å². The largest absolute Gasteiger partial charge is 0.383 e. The number of anilines is 1. The van der Waals surface area contributed by atoms with Gasteiger partial charge in [-0.25, -0.2) is 4.31 Å². The van der Waals surface area contributed by atoms with Gasteiger partial charge in [-0.15, -0.1) is 6.58 Å². The summed E-state index contributed by atoms with van der Waals surface area (Å²) in [4.78, 5) is 10.9. The van der Waals surface area contributed by atoms with Gasteiger partial charge in [-0.1, -0.05) is 17.7 Å². The molecule has 8 nitrogen and oxygen atoms in total. The van der Waals surface area contributed by atoms with Crippen LogP contribution in [0.25, 0.3) is 0 Å². The lowest BCUT2D eigenvalue weighted by Gasteiger charge is -2.36. The predicted octanol–water partition coefficient (Wildman–Crippen LogP) is 2.26. The number of nitro groups is 1. The molecule has 0 spiro atoms. The molecule has 1 aromatic carbocycles. The van der Waals surface area contributed by atoms with Gasteiger partial charge in [-0.2, -0.15) is 12.7 Å². The normalized spacial score (nSPS) is 16.7. The maximum absolute atomic E-state index is 12.8. The molecule has 0 saturated carbocycles.